The van der Waals surface area contributed by atoms with Gasteiger partial charge < -0.3 is 19.5 Å². The third-order valence-corrected chi connectivity index (χ3v) is 3.76. The van der Waals surface area contributed by atoms with Crippen LogP contribution in [0.2, 0.25) is 0 Å². The summed E-state index contributed by atoms with van der Waals surface area (Å²) in [5.41, 5.74) is -0.272. The molecular weight excluding hydrogens is 394 g/mol. The van der Waals surface area contributed by atoms with Gasteiger partial charge in [-0.15, -0.1) is 0 Å². The zero-order valence-electron chi connectivity index (χ0n) is 16.1. The lowest BCUT2D eigenvalue weighted by Crippen LogP contribution is -2.21. The van der Waals surface area contributed by atoms with Gasteiger partial charge in [0.15, 0.2) is 6.61 Å². The number of hydrogen-bond donors (Lipinski definition) is 1. The molecule has 0 fully saturated rings. The Morgan fingerprint density at radius 1 is 1.17 bits per heavy atom. The van der Waals surface area contributed by atoms with E-state index in [2.05, 4.69) is 5.32 Å². The Labute approximate surface area is 171 Å². The van der Waals surface area contributed by atoms with Crippen LogP contribution in [0.15, 0.2) is 48.0 Å². The lowest BCUT2D eigenvalue weighted by molar-refractivity contribution is -0.384. The molecular formula is C20H17N3O7. The highest BCUT2D eigenvalue weighted by atomic mass is 16.6. The van der Waals surface area contributed by atoms with Crippen molar-refractivity contribution in [3.63, 3.8) is 0 Å². The van der Waals surface area contributed by atoms with Crippen molar-refractivity contribution in [2.24, 2.45) is 0 Å². The Hall–Kier alpha value is -4.39. The van der Waals surface area contributed by atoms with E-state index >= 15 is 0 Å². The van der Waals surface area contributed by atoms with Crippen LogP contribution in [0.25, 0.3) is 6.08 Å². The largest absolute Gasteiger partial charge is 0.497 e. The second kappa shape index (κ2) is 10.2. The molecule has 154 valence electrons. The summed E-state index contributed by atoms with van der Waals surface area (Å²) in [5.74, 6) is -1.04. The first-order valence-electron chi connectivity index (χ1n) is 8.43. The number of hydrogen-bond acceptors (Lipinski definition) is 8. The van der Waals surface area contributed by atoms with E-state index in [4.69, 9.17) is 14.2 Å². The molecule has 0 aliphatic rings. The number of nitriles is 1. The fourth-order valence-electron chi connectivity index (χ4n) is 2.33. The zero-order chi connectivity index (χ0) is 22.1. The second-order valence-electron chi connectivity index (χ2n) is 5.71. The Kier molecular flexibility index (Phi) is 7.47. The van der Waals surface area contributed by atoms with Crippen LogP contribution in [0.4, 0.5) is 11.4 Å². The molecule has 2 aromatic rings. The van der Waals surface area contributed by atoms with Crippen LogP contribution >= 0.6 is 0 Å². The number of nitro groups is 1. The number of nitrogens with zero attached hydrogens (tertiary/aromatic N) is 2. The van der Waals surface area contributed by atoms with Gasteiger partial charge in [0.1, 0.15) is 28.8 Å². The van der Waals surface area contributed by atoms with Crippen LogP contribution in [0.1, 0.15) is 5.56 Å². The number of carbonyl (C=O) groups is 2. The fraction of sp³-hybridized carbons (Fsp3) is 0.150. The van der Waals surface area contributed by atoms with E-state index in [-0.39, 0.29) is 22.7 Å². The minimum atomic E-state index is -1.01. The van der Waals surface area contributed by atoms with Gasteiger partial charge in [-0.05, 0) is 35.9 Å². The number of methoxy groups -OCH3 is 2. The van der Waals surface area contributed by atoms with E-state index in [1.165, 1.54) is 32.4 Å². The molecule has 30 heavy (non-hydrogen) atoms. The van der Waals surface area contributed by atoms with E-state index in [0.29, 0.717) is 11.3 Å². The van der Waals surface area contributed by atoms with E-state index in [1.54, 1.807) is 30.3 Å². The second-order valence-corrected chi connectivity index (χ2v) is 5.71. The van der Waals surface area contributed by atoms with Crippen molar-refractivity contribution in [3.8, 4) is 17.6 Å². The summed E-state index contributed by atoms with van der Waals surface area (Å²) >= 11 is 0. The van der Waals surface area contributed by atoms with Gasteiger partial charge in [-0.1, -0.05) is 12.1 Å². The van der Waals surface area contributed by atoms with E-state index in [9.17, 15) is 25.0 Å². The number of ether oxygens (including phenoxy) is 3. The predicted octanol–water partition coefficient (Wildman–Crippen LogP) is 2.70. The third-order valence-electron chi connectivity index (χ3n) is 3.76. The van der Waals surface area contributed by atoms with Gasteiger partial charge in [0, 0.05) is 0 Å². The summed E-state index contributed by atoms with van der Waals surface area (Å²) in [4.78, 5) is 34.6. The molecule has 0 aromatic heterocycles. The summed E-state index contributed by atoms with van der Waals surface area (Å²) in [6.07, 6.45) is 1.29. The van der Waals surface area contributed by atoms with Crippen molar-refractivity contribution in [1.82, 2.24) is 0 Å². The quantitative estimate of drug-likeness (QED) is 0.230. The van der Waals surface area contributed by atoms with Crippen molar-refractivity contribution >= 4 is 29.3 Å². The number of amides is 1. The van der Waals surface area contributed by atoms with Gasteiger partial charge in [-0.2, -0.15) is 5.26 Å². The van der Waals surface area contributed by atoms with Crippen LogP contribution in [0.5, 0.6) is 11.5 Å². The molecule has 2 aromatic carbocycles. The minimum absolute atomic E-state index is 0.0886. The zero-order valence-corrected chi connectivity index (χ0v) is 16.1. The number of rotatable bonds is 8. The van der Waals surface area contributed by atoms with Gasteiger partial charge >= 0.3 is 5.97 Å². The standard InChI is InChI=1S/C20H17N3O7/c1-28-15-5-3-4-13(9-15)8-14(11-21)20(25)30-12-19(24)22-17-7-6-16(29-2)10-18(17)23(26)27/h3-10H,12H2,1-2H3,(H,22,24)/b14-8+. The van der Waals surface area contributed by atoms with Crippen LogP contribution < -0.4 is 14.8 Å². The van der Waals surface area contributed by atoms with Gasteiger partial charge in [-0.3, -0.25) is 14.9 Å². The van der Waals surface area contributed by atoms with Crippen molar-refractivity contribution in [2.75, 3.05) is 26.1 Å². The highest BCUT2D eigenvalue weighted by Gasteiger charge is 2.19. The molecule has 0 aliphatic carbocycles. The minimum Gasteiger partial charge on any atom is -0.497 e. The average Bonchev–Trinajstić information content (AvgIpc) is 2.76. The van der Waals surface area contributed by atoms with Crippen molar-refractivity contribution in [1.29, 1.82) is 5.26 Å². The van der Waals surface area contributed by atoms with E-state index < -0.39 is 23.4 Å². The first-order chi connectivity index (χ1) is 14.4. The Morgan fingerprint density at radius 3 is 2.50 bits per heavy atom. The average molecular weight is 411 g/mol. The lowest BCUT2D eigenvalue weighted by Gasteiger charge is -2.08. The van der Waals surface area contributed by atoms with E-state index in [1.807, 2.05) is 0 Å². The topological polar surface area (TPSA) is 141 Å². The first kappa shape index (κ1) is 21.9. The molecule has 0 saturated carbocycles. The maximum atomic E-state index is 12.1. The Bertz CT molecular complexity index is 1040. The highest BCUT2D eigenvalue weighted by Crippen LogP contribution is 2.28. The summed E-state index contributed by atoms with van der Waals surface area (Å²) in [6.45, 7) is -0.737. The molecule has 10 nitrogen and oxygen atoms in total. The number of anilines is 1. The van der Waals surface area contributed by atoms with Crippen LogP contribution in [-0.4, -0.2) is 37.6 Å². The molecule has 0 spiro atoms. The van der Waals surface area contributed by atoms with Gasteiger partial charge in [-0.25, -0.2) is 4.79 Å². The molecule has 0 heterocycles. The maximum absolute atomic E-state index is 12.1. The number of esters is 1. The molecule has 2 rings (SSSR count). The molecule has 1 N–H and O–H groups in total. The normalized spacial score (nSPS) is 10.5. The molecule has 0 bridgehead atoms. The van der Waals surface area contributed by atoms with Gasteiger partial charge in [0.25, 0.3) is 11.6 Å². The molecule has 10 heteroatoms. The Morgan fingerprint density at radius 2 is 1.87 bits per heavy atom. The maximum Gasteiger partial charge on any atom is 0.349 e. The predicted molar refractivity (Wildman–Crippen MR) is 106 cm³/mol. The summed E-state index contributed by atoms with van der Waals surface area (Å²) in [7, 11) is 2.83. The first-order valence-corrected chi connectivity index (χ1v) is 8.43. The highest BCUT2D eigenvalue weighted by molar-refractivity contribution is 6.00. The summed E-state index contributed by atoms with van der Waals surface area (Å²) < 4.78 is 14.8. The Balaban J connectivity index is 2.05. The molecule has 0 radical (unpaired) electrons. The smallest absolute Gasteiger partial charge is 0.349 e. The lowest BCUT2D eigenvalue weighted by atomic mass is 10.1. The molecule has 1 amide bonds. The number of benzene rings is 2. The molecule has 0 unspecified atom stereocenters. The molecule has 0 atom stereocenters. The number of nitrogens with one attached hydrogen (secondary N) is 1. The van der Waals surface area contributed by atoms with Crippen molar-refractivity contribution < 1.29 is 28.7 Å². The fourth-order valence-corrected chi connectivity index (χ4v) is 2.33. The SMILES string of the molecule is COc1cccc(/C=C(\C#N)C(=O)OCC(=O)Nc2ccc(OC)cc2[N+](=O)[O-])c1. The number of carbonyl (C=O) groups excluding carboxylic acids is 2. The summed E-state index contributed by atoms with van der Waals surface area (Å²) in [6, 6.07) is 12.2. The van der Waals surface area contributed by atoms with Crippen molar-refractivity contribution in [3.05, 3.63) is 63.7 Å². The molecule has 0 saturated heterocycles. The summed E-state index contributed by atoms with van der Waals surface area (Å²) in [5, 5.41) is 22.6. The van der Waals surface area contributed by atoms with Crippen LogP contribution in [0, 0.1) is 21.4 Å². The third kappa shape index (κ3) is 5.80. The van der Waals surface area contributed by atoms with Gasteiger partial charge in [0.05, 0.1) is 25.2 Å². The molecule has 0 aliphatic heterocycles. The van der Waals surface area contributed by atoms with Crippen LogP contribution in [0.3, 0.4) is 0 Å². The number of nitro benzene ring substituents is 1. The van der Waals surface area contributed by atoms with Gasteiger partial charge in [0.2, 0.25) is 0 Å². The van der Waals surface area contributed by atoms with Crippen LogP contribution in [-0.2, 0) is 14.3 Å². The van der Waals surface area contributed by atoms with Crippen molar-refractivity contribution in [2.45, 2.75) is 0 Å². The monoisotopic (exact) mass is 411 g/mol. The van der Waals surface area contributed by atoms with E-state index in [0.717, 1.165) is 6.07 Å².